The maximum absolute atomic E-state index is 12.7. The van der Waals surface area contributed by atoms with Crippen LogP contribution >= 0.6 is 15.9 Å². The second-order valence-corrected chi connectivity index (χ2v) is 5.59. The highest BCUT2D eigenvalue weighted by Gasteiger charge is 2.14. The molecule has 3 heteroatoms. The van der Waals surface area contributed by atoms with E-state index in [4.69, 9.17) is 4.74 Å². The van der Waals surface area contributed by atoms with Gasteiger partial charge < -0.3 is 4.74 Å². The first kappa shape index (κ1) is 13.8. The summed E-state index contributed by atoms with van der Waals surface area (Å²) in [5.41, 5.74) is 1.27. The van der Waals surface area contributed by atoms with Crippen molar-refractivity contribution >= 4 is 32.5 Å². The van der Waals surface area contributed by atoms with Gasteiger partial charge in [-0.05, 0) is 35.0 Å². The Morgan fingerprint density at radius 1 is 0.952 bits per heavy atom. The van der Waals surface area contributed by atoms with Gasteiger partial charge in [-0.3, -0.25) is 4.79 Å². The SMILES string of the molecule is COc1ccc(Br)c(C(=O)c2ccc3ccccc3c2)c1. The van der Waals surface area contributed by atoms with Crippen LogP contribution in [0.3, 0.4) is 0 Å². The third-order valence-electron chi connectivity index (χ3n) is 3.43. The molecule has 104 valence electrons. The fourth-order valence-corrected chi connectivity index (χ4v) is 2.72. The molecule has 0 atom stereocenters. The molecule has 3 aromatic carbocycles. The zero-order chi connectivity index (χ0) is 14.8. The number of methoxy groups -OCH3 is 1. The van der Waals surface area contributed by atoms with Gasteiger partial charge in [0, 0.05) is 15.6 Å². The first-order valence-electron chi connectivity index (χ1n) is 6.56. The third-order valence-corrected chi connectivity index (χ3v) is 4.12. The molecule has 0 unspecified atom stereocenters. The maximum atomic E-state index is 12.7. The number of ketones is 1. The van der Waals surface area contributed by atoms with Crippen molar-refractivity contribution in [1.82, 2.24) is 0 Å². The van der Waals surface area contributed by atoms with Gasteiger partial charge in [0.05, 0.1) is 7.11 Å². The van der Waals surface area contributed by atoms with Gasteiger partial charge >= 0.3 is 0 Å². The molecule has 0 saturated carbocycles. The summed E-state index contributed by atoms with van der Waals surface area (Å²) in [5.74, 6) is 0.647. The zero-order valence-corrected chi connectivity index (χ0v) is 13.1. The molecule has 0 bridgehead atoms. The van der Waals surface area contributed by atoms with E-state index in [1.165, 1.54) is 0 Å². The lowest BCUT2D eigenvalue weighted by Crippen LogP contribution is -2.03. The molecule has 21 heavy (non-hydrogen) atoms. The molecule has 2 nitrogen and oxygen atoms in total. The molecule has 0 aromatic heterocycles. The maximum Gasteiger partial charge on any atom is 0.194 e. The van der Waals surface area contributed by atoms with Crippen molar-refractivity contribution in [2.75, 3.05) is 7.11 Å². The number of halogens is 1. The number of rotatable bonds is 3. The quantitative estimate of drug-likeness (QED) is 0.637. The normalized spacial score (nSPS) is 10.6. The summed E-state index contributed by atoms with van der Waals surface area (Å²) in [6, 6.07) is 19.1. The lowest BCUT2D eigenvalue weighted by Gasteiger charge is -2.07. The smallest absolute Gasteiger partial charge is 0.194 e. The molecule has 3 rings (SSSR count). The third kappa shape index (κ3) is 2.69. The second kappa shape index (κ2) is 5.70. The Bertz CT molecular complexity index is 824. The Labute approximate surface area is 131 Å². The standard InChI is InChI=1S/C18H13BrO2/c1-21-15-8-9-17(19)16(11-15)18(20)14-7-6-12-4-2-3-5-13(12)10-14/h2-11H,1H3. The van der Waals surface area contributed by atoms with E-state index in [-0.39, 0.29) is 5.78 Å². The van der Waals surface area contributed by atoms with Crippen LogP contribution < -0.4 is 4.74 Å². The molecule has 0 saturated heterocycles. The van der Waals surface area contributed by atoms with Gasteiger partial charge in [-0.2, -0.15) is 0 Å². The van der Waals surface area contributed by atoms with Crippen molar-refractivity contribution in [3.63, 3.8) is 0 Å². The first-order valence-corrected chi connectivity index (χ1v) is 7.35. The number of fused-ring (bicyclic) bond motifs is 1. The number of carbonyl (C=O) groups excluding carboxylic acids is 1. The van der Waals surface area contributed by atoms with Crippen molar-refractivity contribution in [2.45, 2.75) is 0 Å². The van der Waals surface area contributed by atoms with Gasteiger partial charge in [0.25, 0.3) is 0 Å². The second-order valence-electron chi connectivity index (χ2n) is 4.74. The Kier molecular flexibility index (Phi) is 3.76. The van der Waals surface area contributed by atoms with Crippen molar-refractivity contribution in [2.24, 2.45) is 0 Å². The molecule has 0 fully saturated rings. The van der Waals surface area contributed by atoms with Crippen molar-refractivity contribution in [1.29, 1.82) is 0 Å². The summed E-state index contributed by atoms with van der Waals surface area (Å²) in [6.45, 7) is 0. The highest BCUT2D eigenvalue weighted by molar-refractivity contribution is 9.10. The van der Waals surface area contributed by atoms with Crippen molar-refractivity contribution < 1.29 is 9.53 Å². The molecule has 0 aliphatic rings. The van der Waals surface area contributed by atoms with Crippen LogP contribution in [0.25, 0.3) is 10.8 Å². The van der Waals surface area contributed by atoms with Gasteiger partial charge in [-0.25, -0.2) is 0 Å². The number of benzene rings is 3. The van der Waals surface area contributed by atoms with E-state index in [1.807, 2.05) is 54.6 Å². The van der Waals surface area contributed by atoms with E-state index in [2.05, 4.69) is 15.9 Å². The summed E-state index contributed by atoms with van der Waals surface area (Å²) in [6.07, 6.45) is 0. The van der Waals surface area contributed by atoms with E-state index in [0.717, 1.165) is 15.2 Å². The Morgan fingerprint density at radius 3 is 2.48 bits per heavy atom. The van der Waals surface area contributed by atoms with E-state index < -0.39 is 0 Å². The summed E-state index contributed by atoms with van der Waals surface area (Å²) in [7, 11) is 1.59. The summed E-state index contributed by atoms with van der Waals surface area (Å²) >= 11 is 3.43. The van der Waals surface area contributed by atoms with E-state index in [9.17, 15) is 4.79 Å². The van der Waals surface area contributed by atoms with E-state index in [1.54, 1.807) is 13.2 Å². The fraction of sp³-hybridized carbons (Fsp3) is 0.0556. The predicted molar refractivity (Wildman–Crippen MR) is 88.1 cm³/mol. The Balaban J connectivity index is 2.07. The largest absolute Gasteiger partial charge is 0.497 e. The molecule has 0 radical (unpaired) electrons. The minimum atomic E-state index is -0.0217. The highest BCUT2D eigenvalue weighted by Crippen LogP contribution is 2.26. The fourth-order valence-electron chi connectivity index (χ4n) is 2.29. The molecular formula is C18H13BrO2. The van der Waals surface area contributed by atoms with Crippen LogP contribution in [0.1, 0.15) is 15.9 Å². The highest BCUT2D eigenvalue weighted by atomic mass is 79.9. The lowest BCUT2D eigenvalue weighted by molar-refractivity contribution is 0.103. The van der Waals surface area contributed by atoms with Crippen LogP contribution in [0.15, 0.2) is 65.1 Å². The van der Waals surface area contributed by atoms with Crippen LogP contribution in [0.5, 0.6) is 5.75 Å². The summed E-state index contributed by atoms with van der Waals surface area (Å²) in [5, 5.41) is 2.18. The molecular weight excluding hydrogens is 328 g/mol. The summed E-state index contributed by atoms with van der Waals surface area (Å²) < 4.78 is 5.96. The van der Waals surface area contributed by atoms with Crippen LogP contribution in [0.2, 0.25) is 0 Å². The van der Waals surface area contributed by atoms with Gasteiger partial charge in [0.2, 0.25) is 0 Å². The monoisotopic (exact) mass is 340 g/mol. The van der Waals surface area contributed by atoms with Crippen LogP contribution in [0, 0.1) is 0 Å². The van der Waals surface area contributed by atoms with Crippen molar-refractivity contribution in [3.05, 3.63) is 76.3 Å². The molecule has 0 amide bonds. The van der Waals surface area contributed by atoms with Crippen molar-refractivity contribution in [3.8, 4) is 5.75 Å². The predicted octanol–water partition coefficient (Wildman–Crippen LogP) is 4.84. The minimum absolute atomic E-state index is 0.0217. The number of ether oxygens (including phenoxy) is 1. The van der Waals surface area contributed by atoms with Crippen LogP contribution in [-0.4, -0.2) is 12.9 Å². The van der Waals surface area contributed by atoms with E-state index >= 15 is 0 Å². The number of hydrogen-bond acceptors (Lipinski definition) is 2. The lowest BCUT2D eigenvalue weighted by atomic mass is 10.00. The molecule has 0 aliphatic carbocycles. The molecule has 0 spiro atoms. The number of hydrogen-bond donors (Lipinski definition) is 0. The summed E-state index contributed by atoms with van der Waals surface area (Å²) in [4.78, 5) is 12.7. The Hall–Kier alpha value is -2.13. The Morgan fingerprint density at radius 2 is 1.71 bits per heavy atom. The number of carbonyl (C=O) groups is 1. The molecule has 3 aromatic rings. The van der Waals surface area contributed by atoms with Gasteiger partial charge in [0.1, 0.15) is 5.75 Å². The average Bonchev–Trinajstić information content (AvgIpc) is 2.54. The van der Waals surface area contributed by atoms with Gasteiger partial charge in [-0.1, -0.05) is 52.3 Å². The van der Waals surface area contributed by atoms with Crippen LogP contribution in [-0.2, 0) is 0 Å². The molecule has 0 N–H and O–H groups in total. The molecule has 0 aliphatic heterocycles. The minimum Gasteiger partial charge on any atom is -0.497 e. The van der Waals surface area contributed by atoms with Gasteiger partial charge in [0.15, 0.2) is 5.78 Å². The first-order chi connectivity index (χ1) is 10.2. The molecule has 0 heterocycles. The topological polar surface area (TPSA) is 26.3 Å². The van der Waals surface area contributed by atoms with Gasteiger partial charge in [-0.15, -0.1) is 0 Å². The van der Waals surface area contributed by atoms with Crippen LogP contribution in [0.4, 0.5) is 0 Å². The average molecular weight is 341 g/mol. The zero-order valence-electron chi connectivity index (χ0n) is 11.5. The van der Waals surface area contributed by atoms with E-state index in [0.29, 0.717) is 16.9 Å².